The summed E-state index contributed by atoms with van der Waals surface area (Å²) in [5.74, 6) is -0.0978. The van der Waals surface area contributed by atoms with E-state index >= 15 is 0 Å². The number of rotatable bonds is 7. The van der Waals surface area contributed by atoms with E-state index in [1.807, 2.05) is 18.2 Å². The molecule has 2 N–H and O–H groups in total. The number of thiazole rings is 1. The molecule has 0 aliphatic heterocycles. The molecule has 0 unspecified atom stereocenters. The van der Waals surface area contributed by atoms with E-state index in [9.17, 15) is 13.2 Å². The van der Waals surface area contributed by atoms with Crippen LogP contribution >= 0.6 is 24.0 Å². The lowest BCUT2D eigenvalue weighted by Gasteiger charge is -2.19. The van der Waals surface area contributed by atoms with Gasteiger partial charge < -0.3 is 5.32 Å². The van der Waals surface area contributed by atoms with Crippen molar-refractivity contribution in [3.63, 3.8) is 0 Å². The van der Waals surface area contributed by atoms with Crippen molar-refractivity contribution in [2.45, 2.75) is 49.1 Å². The van der Waals surface area contributed by atoms with Gasteiger partial charge in [0.25, 0.3) is 0 Å². The lowest BCUT2D eigenvalue weighted by molar-refractivity contribution is -0.116. The molecular formula is C16H23N3O3S3. The van der Waals surface area contributed by atoms with E-state index in [1.165, 1.54) is 11.3 Å². The van der Waals surface area contributed by atoms with Gasteiger partial charge in [-0.3, -0.25) is 4.79 Å². The molecule has 0 saturated heterocycles. The van der Waals surface area contributed by atoms with E-state index in [0.717, 1.165) is 10.2 Å². The fraction of sp³-hybridized carbons (Fsp3) is 0.500. The van der Waals surface area contributed by atoms with Crippen LogP contribution in [0.3, 0.4) is 0 Å². The predicted octanol–water partition coefficient (Wildman–Crippen LogP) is 3.41. The summed E-state index contributed by atoms with van der Waals surface area (Å²) in [6.45, 7) is 5.29. The van der Waals surface area contributed by atoms with Crippen molar-refractivity contribution >= 4 is 55.8 Å². The molecule has 0 spiro atoms. The summed E-state index contributed by atoms with van der Waals surface area (Å²) in [5.41, 5.74) is 1.51. The molecule has 9 heteroatoms. The second-order valence-corrected chi connectivity index (χ2v) is 11.0. The summed E-state index contributed by atoms with van der Waals surface area (Å²) in [7, 11) is -3.33. The Bertz CT molecular complexity index is 854. The van der Waals surface area contributed by atoms with E-state index in [1.54, 1.807) is 20.8 Å². The highest BCUT2D eigenvalue weighted by Gasteiger charge is 2.27. The number of fused-ring (bicyclic) bond motifs is 1. The molecule has 0 bridgehead atoms. The summed E-state index contributed by atoms with van der Waals surface area (Å²) in [5, 5.41) is 2.84. The number of thiol groups is 1. The fourth-order valence-electron chi connectivity index (χ4n) is 2.05. The third-order valence-corrected chi connectivity index (χ3v) is 7.00. The number of nitrogens with zero attached hydrogens (tertiary/aromatic N) is 1. The van der Waals surface area contributed by atoms with Crippen LogP contribution in [0, 0.1) is 0 Å². The summed E-state index contributed by atoms with van der Waals surface area (Å²) in [6, 6.07) is 5.56. The van der Waals surface area contributed by atoms with Gasteiger partial charge in [-0.2, -0.15) is 0 Å². The minimum absolute atomic E-state index is 0.0978. The van der Waals surface area contributed by atoms with Gasteiger partial charge in [-0.1, -0.05) is 0 Å². The Labute approximate surface area is 157 Å². The zero-order valence-electron chi connectivity index (χ0n) is 14.5. The molecule has 138 valence electrons. The third kappa shape index (κ3) is 5.67. The van der Waals surface area contributed by atoms with Crippen LogP contribution in [0.1, 0.15) is 40.0 Å². The average Bonchev–Trinajstić information content (AvgIpc) is 2.85. The molecule has 2 aromatic rings. The zero-order chi connectivity index (χ0) is 18.7. The van der Waals surface area contributed by atoms with Crippen molar-refractivity contribution in [1.82, 2.24) is 9.71 Å². The van der Waals surface area contributed by atoms with Gasteiger partial charge in [-0.05, 0) is 51.8 Å². The number of sulfonamides is 1. The van der Waals surface area contributed by atoms with Gasteiger partial charge in [0, 0.05) is 18.7 Å². The molecule has 0 saturated carbocycles. The zero-order valence-corrected chi connectivity index (χ0v) is 17.0. The van der Waals surface area contributed by atoms with Crippen molar-refractivity contribution in [3.05, 3.63) is 18.2 Å². The van der Waals surface area contributed by atoms with Crippen molar-refractivity contribution < 1.29 is 13.2 Å². The normalized spacial score (nSPS) is 12.5. The minimum Gasteiger partial charge on any atom is -0.326 e. The Morgan fingerprint density at radius 3 is 2.68 bits per heavy atom. The molecule has 6 nitrogen and oxygen atoms in total. The first-order valence-electron chi connectivity index (χ1n) is 7.97. The Hall–Kier alpha value is -1.16. The van der Waals surface area contributed by atoms with E-state index in [-0.39, 0.29) is 5.91 Å². The monoisotopic (exact) mass is 401 g/mol. The highest BCUT2D eigenvalue weighted by atomic mass is 32.2. The first kappa shape index (κ1) is 20.2. The Morgan fingerprint density at radius 1 is 1.28 bits per heavy atom. The van der Waals surface area contributed by atoms with Crippen LogP contribution in [0.5, 0.6) is 0 Å². The van der Waals surface area contributed by atoms with Crippen molar-refractivity contribution in [1.29, 1.82) is 0 Å². The largest absolute Gasteiger partial charge is 0.326 e. The summed E-state index contributed by atoms with van der Waals surface area (Å²) in [4.78, 5) is 16.3. The van der Waals surface area contributed by atoms with Crippen LogP contribution < -0.4 is 10.0 Å². The smallest absolute Gasteiger partial charge is 0.224 e. The van der Waals surface area contributed by atoms with E-state index in [0.29, 0.717) is 35.8 Å². The molecular weight excluding hydrogens is 378 g/mol. The third-order valence-electron chi connectivity index (χ3n) is 3.59. The maximum absolute atomic E-state index is 12.0. The molecule has 1 aromatic carbocycles. The second-order valence-electron chi connectivity index (χ2n) is 6.69. The molecule has 1 amide bonds. The van der Waals surface area contributed by atoms with Crippen molar-refractivity contribution in [2.75, 3.05) is 11.9 Å². The van der Waals surface area contributed by atoms with Crippen LogP contribution in [0.25, 0.3) is 10.2 Å². The van der Waals surface area contributed by atoms with Gasteiger partial charge in [-0.25, -0.2) is 18.1 Å². The Kier molecular flexibility index (Phi) is 6.47. The number of nitrogens with one attached hydrogen (secondary N) is 2. The number of hydrogen-bond acceptors (Lipinski definition) is 6. The number of carbonyl (C=O) groups excluding carboxylic acids is 1. The minimum atomic E-state index is -3.33. The van der Waals surface area contributed by atoms with Gasteiger partial charge in [0.2, 0.25) is 15.9 Å². The topological polar surface area (TPSA) is 88.2 Å². The average molecular weight is 402 g/mol. The predicted molar refractivity (Wildman–Crippen MR) is 106 cm³/mol. The molecule has 0 aliphatic carbocycles. The number of benzene rings is 1. The molecule has 0 radical (unpaired) electrons. The van der Waals surface area contributed by atoms with Crippen LogP contribution in [0.15, 0.2) is 22.5 Å². The summed E-state index contributed by atoms with van der Waals surface area (Å²) >= 11 is 5.71. The number of carbonyl (C=O) groups is 1. The van der Waals surface area contributed by atoms with Gasteiger partial charge >= 0.3 is 0 Å². The van der Waals surface area contributed by atoms with Gasteiger partial charge in [0.1, 0.15) is 4.34 Å². The van der Waals surface area contributed by atoms with E-state index in [4.69, 9.17) is 0 Å². The maximum atomic E-state index is 12.0. The highest BCUT2D eigenvalue weighted by molar-refractivity contribution is 7.90. The molecule has 0 atom stereocenters. The number of aromatic nitrogens is 1. The Balaban J connectivity index is 1.75. The second kappa shape index (κ2) is 8.03. The van der Waals surface area contributed by atoms with Crippen molar-refractivity contribution in [2.24, 2.45) is 0 Å². The van der Waals surface area contributed by atoms with E-state index < -0.39 is 14.8 Å². The lowest BCUT2D eigenvalue weighted by atomic mass is 10.2. The number of anilines is 1. The molecule has 0 aliphatic rings. The first-order chi connectivity index (χ1) is 11.6. The quantitative estimate of drug-likeness (QED) is 0.490. The molecule has 1 aromatic heterocycles. The number of hydrogen-bond donors (Lipinski definition) is 3. The highest BCUT2D eigenvalue weighted by Crippen LogP contribution is 2.26. The van der Waals surface area contributed by atoms with Gasteiger partial charge in [0.15, 0.2) is 0 Å². The van der Waals surface area contributed by atoms with Crippen molar-refractivity contribution in [3.8, 4) is 0 Å². The molecule has 25 heavy (non-hydrogen) atoms. The Morgan fingerprint density at radius 2 is 2.00 bits per heavy atom. The lowest BCUT2D eigenvalue weighted by Crippen LogP contribution is -2.39. The maximum Gasteiger partial charge on any atom is 0.224 e. The van der Waals surface area contributed by atoms with Gasteiger partial charge in [0.05, 0.1) is 15.0 Å². The SMILES string of the molecule is CC(C)(C)S(=O)(=O)NCCCCC(=O)Nc1ccc2sc(S)nc2c1. The van der Waals surface area contributed by atoms with Crippen LogP contribution in [0.4, 0.5) is 5.69 Å². The van der Waals surface area contributed by atoms with Crippen LogP contribution in [0.2, 0.25) is 0 Å². The van der Waals surface area contributed by atoms with Crippen LogP contribution in [-0.4, -0.2) is 30.6 Å². The number of amides is 1. The molecule has 2 rings (SSSR count). The van der Waals surface area contributed by atoms with E-state index in [2.05, 4.69) is 27.7 Å². The first-order valence-corrected chi connectivity index (χ1v) is 10.7. The fourth-order valence-corrected chi connectivity index (χ4v) is 3.98. The number of unbranched alkanes of at least 4 members (excludes halogenated alkanes) is 1. The van der Waals surface area contributed by atoms with Gasteiger partial charge in [-0.15, -0.1) is 24.0 Å². The van der Waals surface area contributed by atoms with Crippen LogP contribution in [-0.2, 0) is 14.8 Å². The standard InChI is InChI=1S/C16H23N3O3S3/c1-16(2,3)25(21,22)17-9-5-4-6-14(20)18-11-7-8-13-12(10-11)19-15(23)24-13/h7-8,10,17H,4-6,9H2,1-3H3,(H,18,20)(H,19,23). The molecule has 0 fully saturated rings. The summed E-state index contributed by atoms with van der Waals surface area (Å²) < 4.78 is 27.3. The molecule has 1 heterocycles. The summed E-state index contributed by atoms with van der Waals surface area (Å²) in [6.07, 6.45) is 1.55.